The van der Waals surface area contributed by atoms with Gasteiger partial charge in [0.05, 0.1) is 10.0 Å². The molecule has 0 amide bonds. The van der Waals surface area contributed by atoms with Crippen LogP contribution in [-0.2, 0) is 4.79 Å². The maximum atomic E-state index is 10.8. The molecule has 0 saturated heterocycles. The zero-order valence-electron chi connectivity index (χ0n) is 9.76. The third-order valence-electron chi connectivity index (χ3n) is 2.39. The Labute approximate surface area is 118 Å². The van der Waals surface area contributed by atoms with Crippen molar-refractivity contribution in [1.29, 1.82) is 0 Å². The summed E-state index contributed by atoms with van der Waals surface area (Å²) in [7, 11) is 0. The molecular formula is C12H9Cl2NO4. The summed E-state index contributed by atoms with van der Waals surface area (Å²) in [4.78, 5) is 10.8. The first-order valence-electron chi connectivity index (χ1n) is 5.28. The van der Waals surface area contributed by atoms with Gasteiger partial charge in [-0.2, -0.15) is 0 Å². The van der Waals surface area contributed by atoms with Crippen LogP contribution in [0.5, 0.6) is 5.75 Å². The number of rotatable bonds is 4. The Kier molecular flexibility index (Phi) is 3.97. The summed E-state index contributed by atoms with van der Waals surface area (Å²) in [5.41, 5.74) is 0.988. The van der Waals surface area contributed by atoms with Crippen LogP contribution in [0.4, 0.5) is 0 Å². The van der Waals surface area contributed by atoms with Crippen molar-refractivity contribution in [2.75, 3.05) is 0 Å². The largest absolute Gasteiger partial charge is 0.479 e. The van der Waals surface area contributed by atoms with Crippen molar-refractivity contribution in [2.24, 2.45) is 0 Å². The molecule has 100 valence electrons. The molecule has 0 saturated carbocycles. The zero-order chi connectivity index (χ0) is 14.0. The summed E-state index contributed by atoms with van der Waals surface area (Å²) in [5.74, 6) is -0.810. The van der Waals surface area contributed by atoms with Crippen molar-refractivity contribution in [1.82, 2.24) is 5.16 Å². The third kappa shape index (κ3) is 3.00. The lowest BCUT2D eigenvalue weighted by molar-refractivity contribution is -0.144. The first kappa shape index (κ1) is 13.7. The Morgan fingerprint density at radius 1 is 1.42 bits per heavy atom. The van der Waals surface area contributed by atoms with Crippen LogP contribution in [-0.4, -0.2) is 22.3 Å². The van der Waals surface area contributed by atoms with Crippen LogP contribution < -0.4 is 4.74 Å². The Morgan fingerprint density at radius 3 is 2.68 bits per heavy atom. The summed E-state index contributed by atoms with van der Waals surface area (Å²) in [6.45, 7) is 1.41. The molecule has 1 N–H and O–H groups in total. The molecule has 5 nitrogen and oxygen atoms in total. The van der Waals surface area contributed by atoms with E-state index in [4.69, 9.17) is 37.6 Å². The summed E-state index contributed by atoms with van der Waals surface area (Å²) in [6.07, 6.45) is 0.366. The van der Waals surface area contributed by atoms with E-state index in [1.165, 1.54) is 19.3 Å². The number of hydrogen-bond acceptors (Lipinski definition) is 4. The van der Waals surface area contributed by atoms with Gasteiger partial charge in [0.2, 0.25) is 0 Å². The highest BCUT2D eigenvalue weighted by atomic mass is 35.5. The predicted molar refractivity (Wildman–Crippen MR) is 69.7 cm³/mol. The van der Waals surface area contributed by atoms with Crippen molar-refractivity contribution >= 4 is 29.2 Å². The van der Waals surface area contributed by atoms with Gasteiger partial charge in [-0.3, -0.25) is 0 Å². The number of benzene rings is 1. The smallest absolute Gasteiger partial charge is 0.344 e. The summed E-state index contributed by atoms with van der Waals surface area (Å²) < 4.78 is 10.1. The van der Waals surface area contributed by atoms with Gasteiger partial charge in [-0.05, 0) is 13.0 Å². The van der Waals surface area contributed by atoms with E-state index in [-0.39, 0.29) is 10.8 Å². The topological polar surface area (TPSA) is 72.6 Å². The Morgan fingerprint density at radius 2 is 2.11 bits per heavy atom. The fourth-order valence-corrected chi connectivity index (χ4v) is 1.74. The highest BCUT2D eigenvalue weighted by Gasteiger charge is 2.18. The molecule has 1 atom stereocenters. The number of carboxylic acids is 1. The Bertz CT molecular complexity index is 598. The fraction of sp³-hybridized carbons (Fsp3) is 0.167. The van der Waals surface area contributed by atoms with Crippen LogP contribution in [0.2, 0.25) is 10.0 Å². The molecule has 0 radical (unpaired) electrons. The number of aromatic nitrogens is 1. The SMILES string of the molecule is CC(Oc1cc(Cl)c(Cl)cc1-c1ccon1)C(=O)O. The van der Waals surface area contributed by atoms with Crippen molar-refractivity contribution < 1.29 is 19.2 Å². The second kappa shape index (κ2) is 5.50. The van der Waals surface area contributed by atoms with Crippen LogP contribution >= 0.6 is 23.2 Å². The van der Waals surface area contributed by atoms with Gasteiger partial charge in [0.15, 0.2) is 6.10 Å². The average Bonchev–Trinajstić information content (AvgIpc) is 2.86. The number of carbonyl (C=O) groups is 1. The van der Waals surface area contributed by atoms with Crippen molar-refractivity contribution in [2.45, 2.75) is 13.0 Å². The molecule has 0 spiro atoms. The number of aliphatic carboxylic acids is 1. The van der Waals surface area contributed by atoms with Gasteiger partial charge in [0.1, 0.15) is 17.7 Å². The molecule has 1 unspecified atom stereocenters. The molecule has 0 aliphatic heterocycles. The maximum absolute atomic E-state index is 10.8. The maximum Gasteiger partial charge on any atom is 0.344 e. The minimum atomic E-state index is -1.09. The van der Waals surface area contributed by atoms with E-state index >= 15 is 0 Å². The van der Waals surface area contributed by atoms with Gasteiger partial charge in [-0.25, -0.2) is 4.79 Å². The molecule has 0 aliphatic rings. The molecule has 2 aromatic rings. The lowest BCUT2D eigenvalue weighted by Crippen LogP contribution is -2.23. The van der Waals surface area contributed by atoms with Crippen LogP contribution in [0, 0.1) is 0 Å². The van der Waals surface area contributed by atoms with E-state index in [2.05, 4.69) is 5.16 Å². The van der Waals surface area contributed by atoms with Crippen LogP contribution in [0.1, 0.15) is 6.92 Å². The molecule has 2 rings (SSSR count). The van der Waals surface area contributed by atoms with Crippen LogP contribution in [0.15, 0.2) is 29.0 Å². The van der Waals surface area contributed by atoms with Crippen molar-refractivity contribution in [3.05, 3.63) is 34.5 Å². The minimum absolute atomic E-state index is 0.265. The third-order valence-corrected chi connectivity index (χ3v) is 3.11. The molecule has 0 bridgehead atoms. The van der Waals surface area contributed by atoms with E-state index in [9.17, 15) is 4.79 Å². The monoisotopic (exact) mass is 301 g/mol. The lowest BCUT2D eigenvalue weighted by atomic mass is 10.1. The van der Waals surface area contributed by atoms with Gasteiger partial charge in [0, 0.05) is 17.7 Å². The van der Waals surface area contributed by atoms with Gasteiger partial charge in [-0.15, -0.1) is 0 Å². The molecule has 1 aromatic carbocycles. The number of halogens is 2. The minimum Gasteiger partial charge on any atom is -0.479 e. The molecular weight excluding hydrogens is 293 g/mol. The van der Waals surface area contributed by atoms with Gasteiger partial charge < -0.3 is 14.4 Å². The highest BCUT2D eigenvalue weighted by Crippen LogP contribution is 2.36. The van der Waals surface area contributed by atoms with Gasteiger partial charge >= 0.3 is 5.97 Å². The molecule has 7 heteroatoms. The van der Waals surface area contributed by atoms with E-state index in [1.54, 1.807) is 12.1 Å². The fourth-order valence-electron chi connectivity index (χ4n) is 1.42. The molecule has 0 aliphatic carbocycles. The number of ether oxygens (including phenoxy) is 1. The molecule has 1 heterocycles. The number of carboxylic acid groups (broad SMARTS) is 1. The van der Waals surface area contributed by atoms with E-state index in [1.807, 2.05) is 0 Å². The average molecular weight is 302 g/mol. The highest BCUT2D eigenvalue weighted by molar-refractivity contribution is 6.42. The van der Waals surface area contributed by atoms with Crippen molar-refractivity contribution in [3.63, 3.8) is 0 Å². The first-order valence-corrected chi connectivity index (χ1v) is 6.04. The summed E-state index contributed by atoms with van der Waals surface area (Å²) in [5, 5.41) is 13.2. The quantitative estimate of drug-likeness (QED) is 0.935. The van der Waals surface area contributed by atoms with Crippen molar-refractivity contribution in [3.8, 4) is 17.0 Å². The van der Waals surface area contributed by atoms with Gasteiger partial charge in [0.25, 0.3) is 0 Å². The lowest BCUT2D eigenvalue weighted by Gasteiger charge is -2.14. The molecule has 19 heavy (non-hydrogen) atoms. The van der Waals surface area contributed by atoms with Gasteiger partial charge in [-0.1, -0.05) is 28.4 Å². The first-order chi connectivity index (χ1) is 8.99. The Balaban J connectivity index is 2.46. The van der Waals surface area contributed by atoms with E-state index < -0.39 is 12.1 Å². The molecule has 0 fully saturated rings. The van der Waals surface area contributed by atoms with Crippen LogP contribution in [0.25, 0.3) is 11.3 Å². The number of hydrogen-bond donors (Lipinski definition) is 1. The zero-order valence-corrected chi connectivity index (χ0v) is 11.3. The normalized spacial score (nSPS) is 12.2. The summed E-state index contributed by atoms with van der Waals surface area (Å²) in [6, 6.07) is 4.61. The predicted octanol–water partition coefficient (Wildman–Crippen LogP) is 3.50. The van der Waals surface area contributed by atoms with E-state index in [0.29, 0.717) is 16.3 Å². The molecule has 1 aromatic heterocycles. The summed E-state index contributed by atoms with van der Waals surface area (Å²) >= 11 is 11.8. The van der Waals surface area contributed by atoms with Crippen LogP contribution in [0.3, 0.4) is 0 Å². The number of nitrogens with zero attached hydrogens (tertiary/aromatic N) is 1. The second-order valence-electron chi connectivity index (χ2n) is 3.75. The second-order valence-corrected chi connectivity index (χ2v) is 4.56. The standard InChI is InChI=1S/C12H9Cl2NO4/c1-6(12(16)17)19-11-5-9(14)8(13)4-7(11)10-2-3-18-15-10/h2-6H,1H3,(H,16,17). The Hall–Kier alpha value is -1.72. The van der Waals surface area contributed by atoms with E-state index in [0.717, 1.165) is 0 Å².